The average Bonchev–Trinajstić information content (AvgIpc) is 3.00. The van der Waals surface area contributed by atoms with Crippen LogP contribution in [0.5, 0.6) is 0 Å². The third kappa shape index (κ3) is 4.11. The molecule has 3 heterocycles. The normalized spacial score (nSPS) is 26.7. The largest absolute Gasteiger partial charge is 1.00 e. The summed E-state index contributed by atoms with van der Waals surface area (Å²) in [6.07, 6.45) is -4.46. The topological polar surface area (TPSA) is 212 Å². The van der Waals surface area contributed by atoms with Crippen LogP contribution in [0.1, 0.15) is 6.23 Å². The second-order valence-corrected chi connectivity index (χ2v) is 6.22. The van der Waals surface area contributed by atoms with Crippen molar-refractivity contribution in [3.05, 3.63) is 16.7 Å². The molecule has 0 aliphatic carbocycles. The zero-order valence-corrected chi connectivity index (χ0v) is 15.7. The summed E-state index contributed by atoms with van der Waals surface area (Å²) in [4.78, 5) is 42.7. The molecule has 132 valence electrons. The first-order valence-corrected chi connectivity index (χ1v) is 8.04. The quantitative estimate of drug-likeness (QED) is 0.287. The van der Waals surface area contributed by atoms with Gasteiger partial charge in [0.25, 0.3) is 5.56 Å². The summed E-state index contributed by atoms with van der Waals surface area (Å²) < 4.78 is 21.0. The smallest absolute Gasteiger partial charge is 0.790 e. The van der Waals surface area contributed by atoms with E-state index in [-0.39, 0.29) is 46.7 Å². The molecule has 0 bridgehead atoms. The summed E-state index contributed by atoms with van der Waals surface area (Å²) in [6, 6.07) is 0. The van der Waals surface area contributed by atoms with E-state index in [9.17, 15) is 29.4 Å². The number of aromatic amines is 1. The SMILES string of the molecule is Nc1nc2c(ncn2C2OC(COP(=O)([O-])[O-])C(O)C2O)c(=O)[nH]1.[Na+]. The third-order valence-corrected chi connectivity index (χ3v) is 3.92. The number of phosphoric acid groups is 1. The molecule has 2 aromatic rings. The van der Waals surface area contributed by atoms with Gasteiger partial charge in [0, 0.05) is 0 Å². The van der Waals surface area contributed by atoms with E-state index in [1.165, 1.54) is 0 Å². The van der Waals surface area contributed by atoms with Crippen molar-refractivity contribution in [2.75, 3.05) is 12.3 Å². The fourth-order valence-electron chi connectivity index (χ4n) is 2.39. The maximum absolute atomic E-state index is 11.7. The molecule has 1 aliphatic rings. The monoisotopic (exact) mass is 384 g/mol. The number of ether oxygens (including phenoxy) is 1. The number of hydrogen-bond donors (Lipinski definition) is 4. The number of imidazole rings is 1. The maximum atomic E-state index is 11.7. The first-order chi connectivity index (χ1) is 11.2. The first-order valence-electron chi connectivity index (χ1n) is 6.58. The standard InChI is InChI=1S/C10H14N5O8P.Na/c11-10-13-7-4(8(18)14-10)12-2-15(7)9-6(17)5(16)3(23-9)1-22-24(19,20)21;/h2-3,5-6,9,16-17H,1H2,(H2,19,20,21)(H3,11,13,14,18);/q;+1/p-2. The van der Waals surface area contributed by atoms with E-state index in [0.717, 1.165) is 10.9 Å². The van der Waals surface area contributed by atoms with Crippen LogP contribution in [0.4, 0.5) is 5.95 Å². The fourth-order valence-corrected chi connectivity index (χ4v) is 2.72. The zero-order chi connectivity index (χ0) is 17.6. The predicted molar refractivity (Wildman–Crippen MR) is 72.0 cm³/mol. The van der Waals surface area contributed by atoms with Crippen molar-refractivity contribution in [3.63, 3.8) is 0 Å². The van der Waals surface area contributed by atoms with Gasteiger partial charge >= 0.3 is 29.6 Å². The van der Waals surface area contributed by atoms with Crippen LogP contribution in [0, 0.1) is 0 Å². The minimum atomic E-state index is -5.26. The van der Waals surface area contributed by atoms with Crippen LogP contribution in [0.25, 0.3) is 11.2 Å². The molecule has 15 heteroatoms. The van der Waals surface area contributed by atoms with Crippen molar-refractivity contribution in [1.82, 2.24) is 19.5 Å². The number of fused-ring (bicyclic) bond motifs is 1. The van der Waals surface area contributed by atoms with Crippen molar-refractivity contribution in [3.8, 4) is 0 Å². The molecule has 5 N–H and O–H groups in total. The molecule has 0 saturated carbocycles. The van der Waals surface area contributed by atoms with E-state index in [0.29, 0.717) is 0 Å². The van der Waals surface area contributed by atoms with Gasteiger partial charge in [-0.1, -0.05) is 0 Å². The molecule has 4 unspecified atom stereocenters. The van der Waals surface area contributed by atoms with E-state index in [2.05, 4.69) is 19.5 Å². The van der Waals surface area contributed by atoms with Crippen LogP contribution in [-0.2, 0) is 13.8 Å². The van der Waals surface area contributed by atoms with Crippen molar-refractivity contribution in [2.24, 2.45) is 0 Å². The minimum Gasteiger partial charge on any atom is -0.790 e. The number of rotatable bonds is 4. The van der Waals surface area contributed by atoms with Crippen molar-refractivity contribution < 1.29 is 63.4 Å². The summed E-state index contributed by atoms with van der Waals surface area (Å²) in [6.45, 7) is -0.776. The Bertz CT molecular complexity index is 867. The summed E-state index contributed by atoms with van der Waals surface area (Å²) in [5.41, 5.74) is 4.77. The second kappa shape index (κ2) is 7.40. The number of nitrogens with one attached hydrogen (secondary N) is 1. The number of anilines is 1. The maximum Gasteiger partial charge on any atom is 1.00 e. The molecule has 1 fully saturated rings. The van der Waals surface area contributed by atoms with Gasteiger partial charge in [-0.25, -0.2) is 4.98 Å². The Kier molecular flexibility index (Phi) is 6.06. The Hall–Kier alpha value is -0.860. The molecule has 3 rings (SSSR count). The Morgan fingerprint density at radius 3 is 2.76 bits per heavy atom. The van der Waals surface area contributed by atoms with Crippen molar-refractivity contribution >= 4 is 24.9 Å². The molecule has 0 radical (unpaired) electrons. The molecule has 13 nitrogen and oxygen atoms in total. The molecule has 2 aromatic heterocycles. The average molecular weight is 384 g/mol. The van der Waals surface area contributed by atoms with Gasteiger partial charge < -0.3 is 39.6 Å². The number of hydrogen-bond acceptors (Lipinski definition) is 11. The molecule has 4 atom stereocenters. The van der Waals surface area contributed by atoms with Crippen LogP contribution >= 0.6 is 7.82 Å². The number of nitrogens with two attached hydrogens (primary N) is 1. The molecule has 1 saturated heterocycles. The molecule has 0 aromatic carbocycles. The summed E-state index contributed by atoms with van der Waals surface area (Å²) in [5, 5.41) is 20.0. The summed E-state index contributed by atoms with van der Waals surface area (Å²) >= 11 is 0. The number of aliphatic hydroxyl groups is 2. The molecule has 25 heavy (non-hydrogen) atoms. The Morgan fingerprint density at radius 1 is 1.44 bits per heavy atom. The van der Waals surface area contributed by atoms with Gasteiger partial charge in [0.2, 0.25) is 5.95 Å². The van der Waals surface area contributed by atoms with Gasteiger partial charge in [0.1, 0.15) is 18.3 Å². The van der Waals surface area contributed by atoms with Crippen molar-refractivity contribution in [2.45, 2.75) is 24.5 Å². The molecular weight excluding hydrogens is 372 g/mol. The van der Waals surface area contributed by atoms with Gasteiger partial charge in [-0.3, -0.25) is 14.3 Å². The summed E-state index contributed by atoms with van der Waals surface area (Å²) in [5.74, 6) is -0.194. The van der Waals surface area contributed by atoms with E-state index in [1.807, 2.05) is 0 Å². The van der Waals surface area contributed by atoms with E-state index in [4.69, 9.17) is 10.5 Å². The third-order valence-electron chi connectivity index (χ3n) is 3.46. The van der Waals surface area contributed by atoms with Gasteiger partial charge in [-0.15, -0.1) is 0 Å². The Morgan fingerprint density at radius 2 is 2.12 bits per heavy atom. The van der Waals surface area contributed by atoms with Crippen LogP contribution < -0.4 is 50.6 Å². The second-order valence-electron chi connectivity index (χ2n) is 5.06. The molecule has 1 aliphatic heterocycles. The number of aliphatic hydroxyl groups excluding tert-OH is 2. The van der Waals surface area contributed by atoms with Gasteiger partial charge in [-0.05, 0) is 0 Å². The van der Waals surface area contributed by atoms with Crippen LogP contribution in [0.2, 0.25) is 0 Å². The number of nitrogen functional groups attached to an aromatic ring is 1. The number of phosphoric ester groups is 1. The zero-order valence-electron chi connectivity index (χ0n) is 12.8. The number of H-pyrrole nitrogens is 1. The number of nitrogens with zero attached hydrogens (tertiary/aromatic N) is 3. The minimum absolute atomic E-state index is 0. The Balaban J connectivity index is 0.00000225. The van der Waals surface area contributed by atoms with Gasteiger partial charge in [-0.2, -0.15) is 4.98 Å². The van der Waals surface area contributed by atoms with Crippen molar-refractivity contribution in [1.29, 1.82) is 0 Å². The predicted octanol–water partition coefficient (Wildman–Crippen LogP) is -6.83. The molecule has 0 amide bonds. The first kappa shape index (κ1) is 20.5. The molecular formula is C10H12N5NaO8P-. The van der Waals surface area contributed by atoms with Crippen LogP contribution in [0.3, 0.4) is 0 Å². The van der Waals surface area contributed by atoms with E-state index in [1.54, 1.807) is 0 Å². The van der Waals surface area contributed by atoms with Crippen LogP contribution in [0.15, 0.2) is 11.1 Å². The molecule has 0 spiro atoms. The fraction of sp³-hybridized carbons (Fsp3) is 0.500. The van der Waals surface area contributed by atoms with Gasteiger partial charge in [0.05, 0.1) is 20.8 Å². The van der Waals surface area contributed by atoms with Gasteiger partial charge in [0.15, 0.2) is 17.4 Å². The van der Waals surface area contributed by atoms with Crippen LogP contribution in [-0.4, -0.2) is 54.7 Å². The van der Waals surface area contributed by atoms with E-state index >= 15 is 0 Å². The Labute approximate surface area is 161 Å². The summed E-state index contributed by atoms with van der Waals surface area (Å²) in [7, 11) is -5.26. The number of aromatic nitrogens is 4. The van der Waals surface area contributed by atoms with E-state index < -0.39 is 44.5 Å².